The van der Waals surface area contributed by atoms with Gasteiger partial charge in [0.1, 0.15) is 5.75 Å². The van der Waals surface area contributed by atoms with Crippen LogP contribution in [0, 0.1) is 0 Å². The largest absolute Gasteiger partial charge is 0.484 e. The predicted octanol–water partition coefficient (Wildman–Crippen LogP) is 5.10. The number of nitrogens with one attached hydrogen (secondary N) is 1. The van der Waals surface area contributed by atoms with Crippen LogP contribution < -0.4 is 10.1 Å². The van der Waals surface area contributed by atoms with E-state index in [0.717, 1.165) is 15.2 Å². The normalized spacial score (nSPS) is 10.6. The van der Waals surface area contributed by atoms with Gasteiger partial charge in [0.05, 0.1) is 0 Å². The average Bonchev–Trinajstić information content (AvgIpc) is 2.73. The number of fused-ring (bicyclic) bond motifs is 1. The molecule has 6 heteroatoms. The quantitative estimate of drug-likeness (QED) is 0.539. The zero-order valence-corrected chi connectivity index (χ0v) is 18.0. The summed E-state index contributed by atoms with van der Waals surface area (Å²) in [5, 5.41) is 4.91. The van der Waals surface area contributed by atoms with E-state index in [1.54, 1.807) is 29.2 Å². The zero-order chi connectivity index (χ0) is 20.8. The highest BCUT2D eigenvalue weighted by molar-refractivity contribution is 9.10. The molecule has 0 aromatic heterocycles. The van der Waals surface area contributed by atoms with Crippen molar-refractivity contribution in [1.82, 2.24) is 4.90 Å². The van der Waals surface area contributed by atoms with Gasteiger partial charge in [-0.3, -0.25) is 9.59 Å². The standard InChI is InChI=1S/C23H23BrN2O3/c1-3-26(4-2)23(28)18-6-5-7-20(13-18)25-22(27)15-29-21-11-9-16-12-19(24)10-8-17(16)14-21/h5-14H,3-4,15H2,1-2H3,(H,25,27). The topological polar surface area (TPSA) is 58.6 Å². The molecule has 0 aliphatic rings. The molecule has 0 radical (unpaired) electrons. The van der Waals surface area contributed by atoms with Crippen molar-refractivity contribution in [2.45, 2.75) is 13.8 Å². The van der Waals surface area contributed by atoms with Crippen LogP contribution in [0.2, 0.25) is 0 Å². The van der Waals surface area contributed by atoms with E-state index in [4.69, 9.17) is 4.74 Å². The maximum atomic E-state index is 12.5. The molecule has 1 N–H and O–H groups in total. The van der Waals surface area contributed by atoms with Crippen molar-refractivity contribution in [2.75, 3.05) is 25.0 Å². The number of hydrogen-bond acceptors (Lipinski definition) is 3. The smallest absolute Gasteiger partial charge is 0.262 e. The summed E-state index contributed by atoms with van der Waals surface area (Å²) in [6.07, 6.45) is 0. The molecule has 3 aromatic rings. The van der Waals surface area contributed by atoms with E-state index in [1.165, 1.54) is 0 Å². The zero-order valence-electron chi connectivity index (χ0n) is 16.4. The lowest BCUT2D eigenvalue weighted by atomic mass is 10.1. The van der Waals surface area contributed by atoms with Gasteiger partial charge in [-0.05, 0) is 67.1 Å². The van der Waals surface area contributed by atoms with Gasteiger partial charge in [-0.15, -0.1) is 0 Å². The van der Waals surface area contributed by atoms with Crippen LogP contribution in [0.15, 0.2) is 65.1 Å². The Hall–Kier alpha value is -2.86. The molecule has 0 fully saturated rings. The van der Waals surface area contributed by atoms with Gasteiger partial charge in [-0.1, -0.05) is 34.1 Å². The molecule has 29 heavy (non-hydrogen) atoms. The SMILES string of the molecule is CCN(CC)C(=O)c1cccc(NC(=O)COc2ccc3cc(Br)ccc3c2)c1. The van der Waals surface area contributed by atoms with E-state index < -0.39 is 0 Å². The molecule has 0 aliphatic carbocycles. The summed E-state index contributed by atoms with van der Waals surface area (Å²) in [5.41, 5.74) is 1.12. The van der Waals surface area contributed by atoms with Crippen molar-refractivity contribution in [3.05, 3.63) is 70.7 Å². The number of anilines is 1. The molecule has 0 saturated heterocycles. The van der Waals surface area contributed by atoms with E-state index in [9.17, 15) is 9.59 Å². The molecule has 5 nitrogen and oxygen atoms in total. The van der Waals surface area contributed by atoms with Crippen LogP contribution in [0.25, 0.3) is 10.8 Å². The van der Waals surface area contributed by atoms with E-state index in [-0.39, 0.29) is 18.4 Å². The predicted molar refractivity (Wildman–Crippen MR) is 119 cm³/mol. The molecule has 3 aromatic carbocycles. The van der Waals surface area contributed by atoms with Crippen molar-refractivity contribution in [3.63, 3.8) is 0 Å². The lowest BCUT2D eigenvalue weighted by Gasteiger charge is -2.19. The Morgan fingerprint density at radius 2 is 1.69 bits per heavy atom. The summed E-state index contributed by atoms with van der Waals surface area (Å²) in [5.74, 6) is 0.291. The van der Waals surface area contributed by atoms with Crippen LogP contribution in [0.3, 0.4) is 0 Å². The molecule has 0 unspecified atom stereocenters. The number of ether oxygens (including phenoxy) is 1. The Morgan fingerprint density at radius 1 is 0.966 bits per heavy atom. The molecule has 0 saturated carbocycles. The molecular weight excluding hydrogens is 432 g/mol. The number of carbonyl (C=O) groups excluding carboxylic acids is 2. The second kappa shape index (κ2) is 9.56. The Bertz CT molecular complexity index is 1030. The van der Waals surface area contributed by atoms with Crippen molar-refractivity contribution >= 4 is 44.2 Å². The Kier molecular flexibility index (Phi) is 6.88. The first-order valence-corrected chi connectivity index (χ1v) is 10.3. The van der Waals surface area contributed by atoms with Crippen LogP contribution in [-0.2, 0) is 4.79 Å². The highest BCUT2D eigenvalue weighted by Gasteiger charge is 2.13. The van der Waals surface area contributed by atoms with Crippen LogP contribution in [0.4, 0.5) is 5.69 Å². The number of amides is 2. The fourth-order valence-corrected chi connectivity index (χ4v) is 3.43. The molecule has 0 heterocycles. The highest BCUT2D eigenvalue weighted by atomic mass is 79.9. The maximum absolute atomic E-state index is 12.5. The van der Waals surface area contributed by atoms with Gasteiger partial charge in [0.2, 0.25) is 0 Å². The number of carbonyl (C=O) groups is 2. The van der Waals surface area contributed by atoms with E-state index in [0.29, 0.717) is 30.1 Å². The highest BCUT2D eigenvalue weighted by Crippen LogP contribution is 2.24. The molecule has 0 spiro atoms. The van der Waals surface area contributed by atoms with E-state index in [1.807, 2.05) is 50.2 Å². The first-order chi connectivity index (χ1) is 14.0. The molecule has 0 bridgehead atoms. The van der Waals surface area contributed by atoms with Gasteiger partial charge in [-0.25, -0.2) is 0 Å². The summed E-state index contributed by atoms with van der Waals surface area (Å²) in [7, 11) is 0. The Morgan fingerprint density at radius 3 is 2.45 bits per heavy atom. The molecule has 2 amide bonds. The molecule has 0 atom stereocenters. The molecule has 3 rings (SSSR count). The number of nitrogens with zero attached hydrogens (tertiary/aromatic N) is 1. The monoisotopic (exact) mass is 454 g/mol. The van der Waals surface area contributed by atoms with Gasteiger partial charge in [0, 0.05) is 28.8 Å². The summed E-state index contributed by atoms with van der Waals surface area (Å²) < 4.78 is 6.64. The number of hydrogen-bond donors (Lipinski definition) is 1. The molecular formula is C23H23BrN2O3. The Balaban J connectivity index is 1.61. The van der Waals surface area contributed by atoms with Crippen molar-refractivity contribution in [3.8, 4) is 5.75 Å². The van der Waals surface area contributed by atoms with Crippen molar-refractivity contribution < 1.29 is 14.3 Å². The van der Waals surface area contributed by atoms with Gasteiger partial charge in [0.25, 0.3) is 11.8 Å². The van der Waals surface area contributed by atoms with E-state index >= 15 is 0 Å². The minimum atomic E-state index is -0.284. The maximum Gasteiger partial charge on any atom is 0.262 e. The minimum absolute atomic E-state index is 0.0508. The summed E-state index contributed by atoms with van der Waals surface area (Å²) in [6, 6.07) is 18.6. The average molecular weight is 455 g/mol. The van der Waals surface area contributed by atoms with Gasteiger partial charge >= 0.3 is 0 Å². The molecule has 0 aliphatic heterocycles. The van der Waals surface area contributed by atoms with Crippen molar-refractivity contribution in [2.24, 2.45) is 0 Å². The van der Waals surface area contributed by atoms with Gasteiger partial charge in [-0.2, -0.15) is 0 Å². The van der Waals surface area contributed by atoms with E-state index in [2.05, 4.69) is 21.2 Å². The third-order valence-corrected chi connectivity index (χ3v) is 5.08. The molecule has 150 valence electrons. The number of halogens is 1. The summed E-state index contributed by atoms with van der Waals surface area (Å²) in [6.45, 7) is 5.05. The third-order valence-electron chi connectivity index (χ3n) is 4.59. The fourth-order valence-electron chi connectivity index (χ4n) is 3.05. The third kappa shape index (κ3) is 5.35. The minimum Gasteiger partial charge on any atom is -0.484 e. The number of benzene rings is 3. The first kappa shape index (κ1) is 20.9. The van der Waals surface area contributed by atoms with Crippen molar-refractivity contribution in [1.29, 1.82) is 0 Å². The van der Waals surface area contributed by atoms with Crippen LogP contribution in [-0.4, -0.2) is 36.4 Å². The van der Waals surface area contributed by atoms with Crippen LogP contribution >= 0.6 is 15.9 Å². The lowest BCUT2D eigenvalue weighted by molar-refractivity contribution is -0.118. The fraction of sp³-hybridized carbons (Fsp3) is 0.217. The van der Waals surface area contributed by atoms with Crippen LogP contribution in [0.5, 0.6) is 5.75 Å². The second-order valence-electron chi connectivity index (χ2n) is 6.55. The van der Waals surface area contributed by atoms with Gasteiger partial charge < -0.3 is 15.0 Å². The first-order valence-electron chi connectivity index (χ1n) is 9.51. The lowest BCUT2D eigenvalue weighted by Crippen LogP contribution is -2.30. The number of rotatable bonds is 7. The summed E-state index contributed by atoms with van der Waals surface area (Å²) in [4.78, 5) is 26.5. The summed E-state index contributed by atoms with van der Waals surface area (Å²) >= 11 is 3.45. The second-order valence-corrected chi connectivity index (χ2v) is 7.46. The Labute approximate surface area is 178 Å². The van der Waals surface area contributed by atoms with Crippen LogP contribution in [0.1, 0.15) is 24.2 Å². The van der Waals surface area contributed by atoms with Gasteiger partial charge in [0.15, 0.2) is 6.61 Å².